The standard InChI is InChI=1S/C16H21N3/c1-5-8-17-16-10-15(18-13(4)19-16)14-9-11(2)6-7-12(14)3/h6-7,9-10H,5,8H2,1-4H3,(H,17,18,19). The topological polar surface area (TPSA) is 37.8 Å². The number of aromatic nitrogens is 2. The van der Waals surface area contributed by atoms with Crippen LogP contribution < -0.4 is 5.32 Å². The Bertz CT molecular complexity index is 576. The van der Waals surface area contributed by atoms with Gasteiger partial charge in [-0.3, -0.25) is 0 Å². The Morgan fingerprint density at radius 1 is 1.05 bits per heavy atom. The van der Waals surface area contributed by atoms with Crippen molar-refractivity contribution in [3.8, 4) is 11.3 Å². The maximum atomic E-state index is 4.56. The number of nitrogens with one attached hydrogen (secondary N) is 1. The lowest BCUT2D eigenvalue weighted by Crippen LogP contribution is -2.04. The van der Waals surface area contributed by atoms with Gasteiger partial charge in [0.05, 0.1) is 5.69 Å². The minimum atomic E-state index is 0.803. The molecule has 0 aliphatic heterocycles. The predicted molar refractivity (Wildman–Crippen MR) is 80.5 cm³/mol. The van der Waals surface area contributed by atoms with Crippen molar-refractivity contribution in [2.24, 2.45) is 0 Å². The molecular weight excluding hydrogens is 234 g/mol. The summed E-state index contributed by atoms with van der Waals surface area (Å²) in [6.45, 7) is 9.24. The molecule has 2 aromatic rings. The van der Waals surface area contributed by atoms with E-state index in [-0.39, 0.29) is 0 Å². The first kappa shape index (κ1) is 13.5. The number of aryl methyl sites for hydroxylation is 3. The van der Waals surface area contributed by atoms with Crippen LogP contribution in [0.3, 0.4) is 0 Å². The highest BCUT2D eigenvalue weighted by atomic mass is 15.0. The molecule has 0 aliphatic rings. The van der Waals surface area contributed by atoms with Gasteiger partial charge < -0.3 is 5.32 Å². The van der Waals surface area contributed by atoms with Crippen molar-refractivity contribution in [3.63, 3.8) is 0 Å². The first-order valence-corrected chi connectivity index (χ1v) is 6.77. The largest absolute Gasteiger partial charge is 0.370 e. The lowest BCUT2D eigenvalue weighted by Gasteiger charge is -2.10. The third-order valence-corrected chi connectivity index (χ3v) is 3.06. The molecule has 1 aromatic heterocycles. The molecule has 0 spiro atoms. The molecule has 1 N–H and O–H groups in total. The van der Waals surface area contributed by atoms with Crippen LogP contribution in [0.1, 0.15) is 30.3 Å². The van der Waals surface area contributed by atoms with Gasteiger partial charge in [0.25, 0.3) is 0 Å². The van der Waals surface area contributed by atoms with Crippen molar-refractivity contribution in [2.75, 3.05) is 11.9 Å². The fourth-order valence-electron chi connectivity index (χ4n) is 2.06. The van der Waals surface area contributed by atoms with Gasteiger partial charge in [0.15, 0.2) is 0 Å². The fourth-order valence-corrected chi connectivity index (χ4v) is 2.06. The number of benzene rings is 1. The van der Waals surface area contributed by atoms with Gasteiger partial charge in [-0.05, 0) is 38.8 Å². The molecule has 2 rings (SSSR count). The summed E-state index contributed by atoms with van der Waals surface area (Å²) in [7, 11) is 0. The first-order valence-electron chi connectivity index (χ1n) is 6.77. The van der Waals surface area contributed by atoms with Crippen LogP contribution in [0.25, 0.3) is 11.3 Å². The van der Waals surface area contributed by atoms with Crippen LogP contribution >= 0.6 is 0 Å². The maximum Gasteiger partial charge on any atom is 0.130 e. The van der Waals surface area contributed by atoms with E-state index in [1.807, 2.05) is 13.0 Å². The lowest BCUT2D eigenvalue weighted by molar-refractivity contribution is 0.955. The van der Waals surface area contributed by atoms with E-state index in [4.69, 9.17) is 0 Å². The van der Waals surface area contributed by atoms with Gasteiger partial charge in [0, 0.05) is 18.2 Å². The third-order valence-electron chi connectivity index (χ3n) is 3.06. The Morgan fingerprint density at radius 2 is 1.84 bits per heavy atom. The number of hydrogen-bond donors (Lipinski definition) is 1. The summed E-state index contributed by atoms with van der Waals surface area (Å²) in [5, 5.41) is 3.33. The summed E-state index contributed by atoms with van der Waals surface area (Å²) in [6.07, 6.45) is 1.09. The van der Waals surface area contributed by atoms with E-state index >= 15 is 0 Å². The second-order valence-corrected chi connectivity index (χ2v) is 4.93. The molecule has 19 heavy (non-hydrogen) atoms. The Labute approximate surface area is 115 Å². The van der Waals surface area contributed by atoms with Gasteiger partial charge in [-0.25, -0.2) is 9.97 Å². The Morgan fingerprint density at radius 3 is 2.58 bits per heavy atom. The SMILES string of the molecule is CCCNc1cc(-c2cc(C)ccc2C)nc(C)n1. The average molecular weight is 255 g/mol. The average Bonchev–Trinajstić information content (AvgIpc) is 2.38. The van der Waals surface area contributed by atoms with Crippen molar-refractivity contribution >= 4 is 5.82 Å². The van der Waals surface area contributed by atoms with E-state index in [1.165, 1.54) is 16.7 Å². The Balaban J connectivity index is 2.43. The van der Waals surface area contributed by atoms with E-state index in [0.717, 1.165) is 30.3 Å². The smallest absolute Gasteiger partial charge is 0.130 e. The maximum absolute atomic E-state index is 4.56. The second kappa shape index (κ2) is 5.83. The molecule has 0 saturated carbocycles. The highest BCUT2D eigenvalue weighted by Gasteiger charge is 2.07. The lowest BCUT2D eigenvalue weighted by atomic mass is 10.0. The van der Waals surface area contributed by atoms with Gasteiger partial charge in [0.1, 0.15) is 11.6 Å². The normalized spacial score (nSPS) is 10.5. The molecule has 0 atom stereocenters. The van der Waals surface area contributed by atoms with Crippen molar-refractivity contribution in [3.05, 3.63) is 41.2 Å². The summed E-state index contributed by atoms with van der Waals surface area (Å²) in [5.74, 6) is 1.71. The van der Waals surface area contributed by atoms with Crippen molar-refractivity contribution in [1.29, 1.82) is 0 Å². The molecule has 0 unspecified atom stereocenters. The second-order valence-electron chi connectivity index (χ2n) is 4.93. The molecule has 100 valence electrons. The Kier molecular flexibility index (Phi) is 4.15. The van der Waals surface area contributed by atoms with Crippen molar-refractivity contribution < 1.29 is 0 Å². The zero-order valence-electron chi connectivity index (χ0n) is 12.1. The van der Waals surface area contributed by atoms with Crippen molar-refractivity contribution in [2.45, 2.75) is 34.1 Å². The molecule has 0 fully saturated rings. The zero-order valence-corrected chi connectivity index (χ0v) is 12.1. The van der Waals surface area contributed by atoms with E-state index in [9.17, 15) is 0 Å². The molecular formula is C16H21N3. The quantitative estimate of drug-likeness (QED) is 0.900. The minimum absolute atomic E-state index is 0.803. The zero-order chi connectivity index (χ0) is 13.8. The van der Waals surface area contributed by atoms with Crippen LogP contribution in [0.5, 0.6) is 0 Å². The Hall–Kier alpha value is -1.90. The van der Waals surface area contributed by atoms with Crippen molar-refractivity contribution in [1.82, 2.24) is 9.97 Å². The van der Waals surface area contributed by atoms with Crippen LogP contribution in [-0.2, 0) is 0 Å². The minimum Gasteiger partial charge on any atom is -0.370 e. The highest BCUT2D eigenvalue weighted by Crippen LogP contribution is 2.24. The molecule has 3 heteroatoms. The molecule has 0 saturated heterocycles. The number of anilines is 1. The third kappa shape index (κ3) is 3.31. The summed E-state index contributed by atoms with van der Waals surface area (Å²) in [5.41, 5.74) is 4.67. The number of nitrogens with zero attached hydrogens (tertiary/aromatic N) is 2. The van der Waals surface area contributed by atoms with Gasteiger partial charge >= 0.3 is 0 Å². The molecule has 0 amide bonds. The molecule has 1 heterocycles. The van der Waals surface area contributed by atoms with E-state index in [2.05, 4.69) is 54.3 Å². The van der Waals surface area contributed by atoms with Gasteiger partial charge in [-0.15, -0.1) is 0 Å². The van der Waals surface area contributed by atoms with E-state index < -0.39 is 0 Å². The monoisotopic (exact) mass is 255 g/mol. The summed E-state index contributed by atoms with van der Waals surface area (Å²) in [4.78, 5) is 8.99. The summed E-state index contributed by atoms with van der Waals surface area (Å²) in [6, 6.07) is 8.48. The molecule has 0 aliphatic carbocycles. The van der Waals surface area contributed by atoms with Crippen LogP contribution in [0.2, 0.25) is 0 Å². The van der Waals surface area contributed by atoms with Crippen LogP contribution in [0, 0.1) is 20.8 Å². The molecule has 0 bridgehead atoms. The van der Waals surface area contributed by atoms with Gasteiger partial charge in [0.2, 0.25) is 0 Å². The van der Waals surface area contributed by atoms with E-state index in [0.29, 0.717) is 0 Å². The predicted octanol–water partition coefficient (Wildman–Crippen LogP) is 3.89. The molecule has 1 aromatic carbocycles. The molecule has 0 radical (unpaired) electrons. The highest BCUT2D eigenvalue weighted by molar-refractivity contribution is 5.66. The fraction of sp³-hybridized carbons (Fsp3) is 0.375. The van der Waals surface area contributed by atoms with Gasteiger partial charge in [-0.2, -0.15) is 0 Å². The van der Waals surface area contributed by atoms with Gasteiger partial charge in [-0.1, -0.05) is 24.6 Å². The molecule has 3 nitrogen and oxygen atoms in total. The van der Waals surface area contributed by atoms with Crippen LogP contribution in [-0.4, -0.2) is 16.5 Å². The summed E-state index contributed by atoms with van der Waals surface area (Å²) < 4.78 is 0. The number of hydrogen-bond acceptors (Lipinski definition) is 3. The van der Waals surface area contributed by atoms with Crippen LogP contribution in [0.4, 0.5) is 5.82 Å². The summed E-state index contributed by atoms with van der Waals surface area (Å²) >= 11 is 0. The van der Waals surface area contributed by atoms with Crippen LogP contribution in [0.15, 0.2) is 24.3 Å². The number of rotatable bonds is 4. The van der Waals surface area contributed by atoms with E-state index in [1.54, 1.807) is 0 Å². The first-order chi connectivity index (χ1) is 9.10.